The lowest BCUT2D eigenvalue weighted by Gasteiger charge is -2.05. The molecule has 0 bridgehead atoms. The van der Waals surface area contributed by atoms with E-state index in [9.17, 15) is 0 Å². The van der Waals surface area contributed by atoms with Crippen molar-refractivity contribution in [2.45, 2.75) is 6.42 Å². The van der Waals surface area contributed by atoms with Gasteiger partial charge in [-0.25, -0.2) is 0 Å². The molecule has 0 unspecified atom stereocenters. The molecule has 1 heterocycles. The Bertz CT molecular complexity index is 1220. The molecule has 2 nitrogen and oxygen atoms in total. The van der Waals surface area contributed by atoms with Crippen LogP contribution < -0.4 is 5.73 Å². The van der Waals surface area contributed by atoms with Crippen molar-refractivity contribution in [3.8, 4) is 17.2 Å². The highest BCUT2D eigenvalue weighted by Crippen LogP contribution is 2.36. The number of hydrogen-bond acceptors (Lipinski definition) is 3. The second kappa shape index (κ2) is 7.49. The summed E-state index contributed by atoms with van der Waals surface area (Å²) < 4.78 is 2.63. The van der Waals surface area contributed by atoms with Crippen LogP contribution in [0.15, 0.2) is 90.7 Å². The van der Waals surface area contributed by atoms with Crippen LogP contribution in [-0.4, -0.2) is 0 Å². The molecule has 0 amide bonds. The largest absolute Gasteiger partial charge is 0.405 e. The maximum Gasteiger partial charge on any atom is 0.0988 e. The van der Waals surface area contributed by atoms with E-state index in [0.717, 1.165) is 0 Å². The van der Waals surface area contributed by atoms with Gasteiger partial charge in [0, 0.05) is 25.7 Å². The van der Waals surface area contributed by atoms with E-state index in [-0.39, 0.29) is 0 Å². The number of thiophene rings is 1. The van der Waals surface area contributed by atoms with Gasteiger partial charge < -0.3 is 5.73 Å². The summed E-state index contributed by atoms with van der Waals surface area (Å²) in [5.74, 6) is 0. The van der Waals surface area contributed by atoms with E-state index in [1.165, 1.54) is 43.1 Å². The monoisotopic (exact) mass is 366 g/mol. The molecule has 3 aromatic carbocycles. The highest BCUT2D eigenvalue weighted by Gasteiger charge is 2.07. The Hall–Kier alpha value is -3.35. The first-order valence-corrected chi connectivity index (χ1v) is 9.59. The van der Waals surface area contributed by atoms with Crippen LogP contribution in [0.25, 0.3) is 31.3 Å². The zero-order valence-corrected chi connectivity index (χ0v) is 15.5. The number of hydrogen-bond donors (Lipinski definition) is 1. The molecule has 0 radical (unpaired) electrons. The molecule has 0 aliphatic heterocycles. The molecule has 0 spiro atoms. The van der Waals surface area contributed by atoms with Crippen molar-refractivity contribution >= 4 is 31.5 Å². The van der Waals surface area contributed by atoms with Gasteiger partial charge in [-0.2, -0.15) is 5.26 Å². The lowest BCUT2D eigenvalue weighted by Crippen LogP contribution is -1.86. The number of nitrogens with two attached hydrogens (primary N) is 1. The van der Waals surface area contributed by atoms with E-state index >= 15 is 0 Å². The fourth-order valence-corrected chi connectivity index (χ4v) is 4.35. The Kier molecular flexibility index (Phi) is 4.74. The van der Waals surface area contributed by atoms with Crippen molar-refractivity contribution in [2.75, 3.05) is 0 Å². The molecule has 4 rings (SSSR count). The summed E-state index contributed by atoms with van der Waals surface area (Å²) in [7, 11) is 0. The van der Waals surface area contributed by atoms with Gasteiger partial charge in [0.15, 0.2) is 0 Å². The Balaban J connectivity index is 1.71. The molecule has 130 valence electrons. The predicted octanol–water partition coefficient (Wildman–Crippen LogP) is 6.19. The van der Waals surface area contributed by atoms with Gasteiger partial charge in [-0.1, -0.05) is 54.6 Å². The van der Waals surface area contributed by atoms with E-state index in [1.54, 1.807) is 6.08 Å². The van der Waals surface area contributed by atoms with Crippen LogP contribution in [0.3, 0.4) is 0 Å². The third kappa shape index (κ3) is 3.48. The Morgan fingerprint density at radius 3 is 2.59 bits per heavy atom. The Morgan fingerprint density at radius 1 is 0.926 bits per heavy atom. The standard InChI is InChI=1S/C24H18N2S/c25-13-12-18(16-26)9-8-17-4-3-5-19(14-17)20-10-11-24-22(15-20)21-6-1-2-7-23(21)27-24/h1-7,9-15H,8,25H2/b13-12-,18-9+. The molecule has 0 aliphatic rings. The Morgan fingerprint density at radius 2 is 1.74 bits per heavy atom. The van der Waals surface area contributed by atoms with Crippen molar-refractivity contribution < 1.29 is 0 Å². The van der Waals surface area contributed by atoms with Gasteiger partial charge in [-0.15, -0.1) is 11.3 Å². The predicted molar refractivity (Wildman–Crippen MR) is 115 cm³/mol. The second-order valence-electron chi connectivity index (χ2n) is 6.34. The van der Waals surface area contributed by atoms with Crippen molar-refractivity contribution in [3.63, 3.8) is 0 Å². The Labute approximate surface area is 162 Å². The summed E-state index contributed by atoms with van der Waals surface area (Å²) >= 11 is 1.83. The summed E-state index contributed by atoms with van der Waals surface area (Å²) in [5, 5.41) is 11.7. The molecular weight excluding hydrogens is 348 g/mol. The van der Waals surface area contributed by atoms with Crippen molar-refractivity contribution in [1.29, 1.82) is 5.26 Å². The zero-order valence-electron chi connectivity index (χ0n) is 14.7. The molecule has 2 N–H and O–H groups in total. The maximum absolute atomic E-state index is 9.11. The van der Waals surface area contributed by atoms with Crippen molar-refractivity contribution in [2.24, 2.45) is 5.73 Å². The van der Waals surface area contributed by atoms with E-state index in [4.69, 9.17) is 11.0 Å². The summed E-state index contributed by atoms with van der Waals surface area (Å²) in [6.45, 7) is 0. The van der Waals surface area contributed by atoms with E-state index < -0.39 is 0 Å². The van der Waals surface area contributed by atoms with Crippen LogP contribution >= 0.6 is 11.3 Å². The topological polar surface area (TPSA) is 49.8 Å². The molecule has 0 atom stereocenters. The van der Waals surface area contributed by atoms with Gasteiger partial charge in [-0.05, 0) is 53.6 Å². The van der Waals surface area contributed by atoms with E-state index in [2.05, 4.69) is 72.8 Å². The number of rotatable bonds is 4. The van der Waals surface area contributed by atoms with E-state index in [0.29, 0.717) is 12.0 Å². The summed E-state index contributed by atoms with van der Waals surface area (Å²) in [4.78, 5) is 0. The highest BCUT2D eigenvalue weighted by atomic mass is 32.1. The number of nitriles is 1. The van der Waals surface area contributed by atoms with Gasteiger partial charge in [0.1, 0.15) is 0 Å². The molecule has 0 aliphatic carbocycles. The lowest BCUT2D eigenvalue weighted by atomic mass is 9.99. The van der Waals surface area contributed by atoms with Crippen LogP contribution in [0.5, 0.6) is 0 Å². The van der Waals surface area contributed by atoms with Gasteiger partial charge in [0.05, 0.1) is 6.07 Å². The molecule has 0 saturated heterocycles. The number of nitrogens with zero attached hydrogens (tertiary/aromatic N) is 1. The first kappa shape index (κ1) is 17.1. The van der Waals surface area contributed by atoms with Gasteiger partial charge >= 0.3 is 0 Å². The van der Waals surface area contributed by atoms with Gasteiger partial charge in [0.2, 0.25) is 0 Å². The summed E-state index contributed by atoms with van der Waals surface area (Å²) in [5.41, 5.74) is 9.52. The maximum atomic E-state index is 9.11. The smallest absolute Gasteiger partial charge is 0.0988 e. The van der Waals surface area contributed by atoms with Crippen LogP contribution in [0, 0.1) is 11.3 Å². The SMILES string of the molecule is N#CC(/C=C\N)=C/Cc1cccc(-c2ccc3sc4ccccc4c3c2)c1. The number of fused-ring (bicyclic) bond motifs is 3. The fourth-order valence-electron chi connectivity index (χ4n) is 3.27. The quantitative estimate of drug-likeness (QED) is 0.346. The minimum Gasteiger partial charge on any atom is -0.405 e. The van der Waals surface area contributed by atoms with Gasteiger partial charge in [-0.3, -0.25) is 0 Å². The average molecular weight is 366 g/mol. The molecule has 4 aromatic rings. The number of allylic oxidation sites excluding steroid dienone is 3. The lowest BCUT2D eigenvalue weighted by molar-refractivity contribution is 1.25. The average Bonchev–Trinajstić information content (AvgIpc) is 3.09. The zero-order chi connectivity index (χ0) is 18.6. The van der Waals surface area contributed by atoms with Crippen molar-refractivity contribution in [3.05, 3.63) is 96.2 Å². The fraction of sp³-hybridized carbons (Fsp3) is 0.0417. The first-order chi connectivity index (χ1) is 13.3. The molecule has 3 heteroatoms. The highest BCUT2D eigenvalue weighted by molar-refractivity contribution is 7.25. The van der Waals surface area contributed by atoms with Crippen LogP contribution in [-0.2, 0) is 6.42 Å². The van der Waals surface area contributed by atoms with Crippen LogP contribution in [0.1, 0.15) is 5.56 Å². The minimum absolute atomic E-state index is 0.578. The third-order valence-corrected chi connectivity index (χ3v) is 5.75. The first-order valence-electron chi connectivity index (χ1n) is 8.77. The molecular formula is C24H18N2S. The minimum atomic E-state index is 0.578. The second-order valence-corrected chi connectivity index (χ2v) is 7.43. The van der Waals surface area contributed by atoms with Crippen LogP contribution in [0.4, 0.5) is 0 Å². The van der Waals surface area contributed by atoms with Crippen molar-refractivity contribution in [1.82, 2.24) is 0 Å². The summed E-state index contributed by atoms with van der Waals surface area (Å²) in [6, 6.07) is 25.8. The number of benzene rings is 3. The third-order valence-electron chi connectivity index (χ3n) is 4.60. The van der Waals surface area contributed by atoms with Crippen LogP contribution in [0.2, 0.25) is 0 Å². The molecule has 1 aromatic heterocycles. The molecule has 0 fully saturated rings. The molecule has 27 heavy (non-hydrogen) atoms. The van der Waals surface area contributed by atoms with Gasteiger partial charge in [0.25, 0.3) is 0 Å². The normalized spacial score (nSPS) is 12.0. The molecule has 0 saturated carbocycles. The van der Waals surface area contributed by atoms with E-state index in [1.807, 2.05) is 17.4 Å². The summed E-state index contributed by atoms with van der Waals surface area (Å²) in [6.07, 6.45) is 5.62.